The zero-order valence-corrected chi connectivity index (χ0v) is 16.7. The molecular weight excluding hydrogens is 383 g/mol. The number of halogens is 3. The molecule has 1 fully saturated rings. The maximum absolute atomic E-state index is 13.6. The molecule has 0 amide bonds. The molecule has 27 heavy (non-hydrogen) atoms. The predicted octanol–water partition coefficient (Wildman–Crippen LogP) is 2.42. The van der Waals surface area contributed by atoms with E-state index in [1.807, 2.05) is 13.8 Å². The van der Waals surface area contributed by atoms with Gasteiger partial charge in [-0.15, -0.1) is 0 Å². The molecule has 2 aliphatic rings. The van der Waals surface area contributed by atoms with Crippen molar-refractivity contribution >= 4 is 16.0 Å². The van der Waals surface area contributed by atoms with Gasteiger partial charge in [0.05, 0.1) is 5.69 Å². The minimum absolute atomic E-state index is 0.0501. The van der Waals surface area contributed by atoms with E-state index < -0.39 is 22.4 Å². The molecule has 1 aromatic rings. The number of hydrogen-bond acceptors (Lipinski definition) is 4. The van der Waals surface area contributed by atoms with Crippen molar-refractivity contribution in [3.8, 4) is 0 Å². The summed E-state index contributed by atoms with van der Waals surface area (Å²) in [5.41, 5.74) is 0.507. The average molecular weight is 409 g/mol. The van der Waals surface area contributed by atoms with Crippen molar-refractivity contribution in [2.75, 3.05) is 32.5 Å². The van der Waals surface area contributed by atoms with E-state index in [0.717, 1.165) is 8.99 Å². The maximum atomic E-state index is 13.6. The van der Waals surface area contributed by atoms with Crippen LogP contribution < -0.4 is 5.32 Å². The average Bonchev–Trinajstić information content (AvgIpc) is 3.19. The second-order valence-electron chi connectivity index (χ2n) is 7.82. The van der Waals surface area contributed by atoms with Gasteiger partial charge < -0.3 is 5.32 Å². The molecule has 1 saturated heterocycles. The Labute approximate surface area is 157 Å². The number of hydrogen-bond donors (Lipinski definition) is 1. The highest BCUT2D eigenvalue weighted by Crippen LogP contribution is 2.42. The van der Waals surface area contributed by atoms with Gasteiger partial charge in [0, 0.05) is 45.2 Å². The van der Waals surface area contributed by atoms with Crippen LogP contribution in [0.2, 0.25) is 0 Å². The molecule has 3 atom stereocenters. The van der Waals surface area contributed by atoms with Crippen LogP contribution in [0.4, 0.5) is 19.0 Å². The van der Waals surface area contributed by atoms with Crippen LogP contribution in [-0.4, -0.2) is 66.2 Å². The van der Waals surface area contributed by atoms with Crippen LogP contribution in [0.25, 0.3) is 0 Å². The van der Waals surface area contributed by atoms with Crippen molar-refractivity contribution in [3.05, 3.63) is 11.8 Å². The highest BCUT2D eigenvalue weighted by atomic mass is 32.2. The number of anilines is 1. The topological polar surface area (TPSA) is 70.5 Å². The fraction of sp³-hybridized carbons (Fsp3) is 0.812. The Hall–Kier alpha value is -1.33. The lowest BCUT2D eigenvalue weighted by molar-refractivity contribution is -0.174. The van der Waals surface area contributed by atoms with Gasteiger partial charge in [0.25, 0.3) is 10.2 Å². The summed E-state index contributed by atoms with van der Waals surface area (Å²) in [7, 11) is -0.617. The summed E-state index contributed by atoms with van der Waals surface area (Å²) in [6.07, 6.45) is -3.92. The van der Waals surface area contributed by atoms with Crippen molar-refractivity contribution in [1.82, 2.24) is 18.4 Å². The second-order valence-corrected chi connectivity index (χ2v) is 9.96. The van der Waals surface area contributed by atoms with Crippen LogP contribution in [0.3, 0.4) is 0 Å². The van der Waals surface area contributed by atoms with Crippen molar-refractivity contribution in [3.63, 3.8) is 0 Å². The normalized spacial score (nSPS) is 27.2. The summed E-state index contributed by atoms with van der Waals surface area (Å²) in [6.45, 7) is 4.33. The lowest BCUT2D eigenvalue weighted by Crippen LogP contribution is -2.41. The molecule has 1 unspecified atom stereocenters. The van der Waals surface area contributed by atoms with Crippen molar-refractivity contribution in [1.29, 1.82) is 0 Å². The monoisotopic (exact) mass is 409 g/mol. The molecule has 0 saturated carbocycles. The van der Waals surface area contributed by atoms with Crippen LogP contribution in [-0.2, 0) is 10.2 Å². The third-order valence-corrected chi connectivity index (χ3v) is 7.31. The SMILES string of the molecule is CC(C)[C@@H]1C[C@H](C(F)(F)F)n2nc(C3CCN(S(=O)(=O)N(C)C)C3)cc2N1. The Kier molecular flexibility index (Phi) is 5.23. The Balaban J connectivity index is 1.87. The van der Waals surface area contributed by atoms with E-state index in [4.69, 9.17) is 0 Å². The summed E-state index contributed by atoms with van der Waals surface area (Å²) >= 11 is 0. The van der Waals surface area contributed by atoms with Gasteiger partial charge in [-0.1, -0.05) is 13.8 Å². The van der Waals surface area contributed by atoms with E-state index in [1.54, 1.807) is 6.07 Å². The zero-order valence-electron chi connectivity index (χ0n) is 15.9. The highest BCUT2D eigenvalue weighted by molar-refractivity contribution is 7.86. The summed E-state index contributed by atoms with van der Waals surface area (Å²) in [5, 5.41) is 7.40. The van der Waals surface area contributed by atoms with E-state index in [1.165, 1.54) is 18.4 Å². The van der Waals surface area contributed by atoms with Crippen LogP contribution in [0.5, 0.6) is 0 Å². The molecule has 0 spiro atoms. The molecule has 154 valence electrons. The van der Waals surface area contributed by atoms with Crippen molar-refractivity contribution in [2.45, 2.75) is 50.9 Å². The Bertz CT molecular complexity index is 790. The van der Waals surface area contributed by atoms with Crippen LogP contribution in [0.15, 0.2) is 6.07 Å². The van der Waals surface area contributed by atoms with Crippen molar-refractivity contribution in [2.24, 2.45) is 5.92 Å². The van der Waals surface area contributed by atoms with Crippen LogP contribution in [0.1, 0.15) is 44.3 Å². The predicted molar refractivity (Wildman–Crippen MR) is 95.7 cm³/mol. The number of fused-ring (bicyclic) bond motifs is 1. The Morgan fingerprint density at radius 2 is 2.00 bits per heavy atom. The number of nitrogens with zero attached hydrogens (tertiary/aromatic N) is 4. The van der Waals surface area contributed by atoms with Gasteiger partial charge in [-0.2, -0.15) is 35.3 Å². The number of alkyl halides is 3. The molecule has 3 heterocycles. The van der Waals surface area contributed by atoms with Crippen molar-refractivity contribution < 1.29 is 21.6 Å². The van der Waals surface area contributed by atoms with Gasteiger partial charge >= 0.3 is 6.18 Å². The van der Waals surface area contributed by atoms with Gasteiger partial charge in [0.2, 0.25) is 0 Å². The smallest absolute Gasteiger partial charge is 0.367 e. The molecule has 0 aromatic carbocycles. The van der Waals surface area contributed by atoms with E-state index in [9.17, 15) is 21.6 Å². The third-order valence-electron chi connectivity index (χ3n) is 5.40. The third kappa shape index (κ3) is 3.81. The molecule has 2 aliphatic heterocycles. The van der Waals surface area contributed by atoms with E-state index in [2.05, 4.69) is 10.4 Å². The van der Waals surface area contributed by atoms with Gasteiger partial charge in [-0.3, -0.25) is 0 Å². The maximum Gasteiger partial charge on any atom is 0.410 e. The molecule has 1 N–H and O–H groups in total. The first-order chi connectivity index (χ1) is 12.4. The minimum Gasteiger partial charge on any atom is -0.367 e. The van der Waals surface area contributed by atoms with Crippen LogP contribution >= 0.6 is 0 Å². The summed E-state index contributed by atoms with van der Waals surface area (Å²) in [6, 6.07) is -0.315. The number of rotatable bonds is 4. The first kappa shape index (κ1) is 20.4. The highest BCUT2D eigenvalue weighted by Gasteiger charge is 2.47. The number of aromatic nitrogens is 2. The second kappa shape index (κ2) is 6.93. The summed E-state index contributed by atoms with van der Waals surface area (Å²) < 4.78 is 68.8. The largest absolute Gasteiger partial charge is 0.410 e. The molecule has 3 rings (SSSR count). The molecule has 7 nitrogen and oxygen atoms in total. The lowest BCUT2D eigenvalue weighted by Gasteiger charge is -2.35. The number of nitrogens with one attached hydrogen (secondary N) is 1. The Morgan fingerprint density at radius 3 is 2.56 bits per heavy atom. The van der Waals surface area contributed by atoms with Crippen LogP contribution in [0, 0.1) is 5.92 Å². The van der Waals surface area contributed by atoms with Gasteiger partial charge in [-0.05, 0) is 18.8 Å². The molecule has 1 aromatic heterocycles. The molecule has 0 aliphatic carbocycles. The van der Waals surface area contributed by atoms with E-state index in [-0.39, 0.29) is 30.8 Å². The first-order valence-corrected chi connectivity index (χ1v) is 10.4. The Morgan fingerprint density at radius 1 is 1.33 bits per heavy atom. The lowest BCUT2D eigenvalue weighted by atomic mass is 9.94. The quantitative estimate of drug-likeness (QED) is 0.829. The van der Waals surface area contributed by atoms with E-state index >= 15 is 0 Å². The van der Waals surface area contributed by atoms with E-state index in [0.29, 0.717) is 24.5 Å². The zero-order chi connectivity index (χ0) is 20.1. The summed E-state index contributed by atoms with van der Waals surface area (Å²) in [5.74, 6) is 0.186. The molecule has 0 radical (unpaired) electrons. The first-order valence-electron chi connectivity index (χ1n) is 9.01. The molecule has 11 heteroatoms. The summed E-state index contributed by atoms with van der Waals surface area (Å²) in [4.78, 5) is 0. The fourth-order valence-corrected chi connectivity index (χ4v) is 4.84. The minimum atomic E-state index is -4.39. The van der Waals surface area contributed by atoms with Gasteiger partial charge in [0.1, 0.15) is 5.82 Å². The van der Waals surface area contributed by atoms with Gasteiger partial charge in [-0.25, -0.2) is 4.68 Å². The van der Waals surface area contributed by atoms with Gasteiger partial charge in [0.15, 0.2) is 6.04 Å². The molecule has 0 bridgehead atoms. The fourth-order valence-electron chi connectivity index (χ4n) is 3.67. The standard InChI is InChI=1S/C16H26F3N5O2S/c1-10(2)12-7-14(16(17,18)19)24-15(20-12)8-13(21-24)11-5-6-23(9-11)27(25,26)22(3)4/h8,10-12,14,20H,5-7,9H2,1-4H3/t11?,12-,14+/m0/s1. The molecular formula is C16H26F3N5O2S.